The van der Waals surface area contributed by atoms with Crippen LogP contribution in [-0.2, 0) is 4.74 Å². The molecule has 15 heavy (non-hydrogen) atoms. The maximum Gasteiger partial charge on any atom is 0.171 e. The average molecular weight is 228 g/mol. The van der Waals surface area contributed by atoms with Gasteiger partial charge in [-0.15, -0.1) is 0 Å². The fourth-order valence-electron chi connectivity index (χ4n) is 1.60. The minimum atomic E-state index is 0.435. The van der Waals surface area contributed by atoms with Crippen LogP contribution in [0.2, 0.25) is 5.15 Å². The lowest BCUT2D eigenvalue weighted by atomic mass is 10.0. The molecule has 1 aromatic rings. The van der Waals surface area contributed by atoms with Crippen molar-refractivity contribution in [2.75, 3.05) is 19.8 Å². The molecule has 2 rings (SSSR count). The lowest BCUT2D eigenvalue weighted by Gasteiger charge is -2.22. The van der Waals surface area contributed by atoms with Crippen LogP contribution in [0.1, 0.15) is 12.8 Å². The van der Waals surface area contributed by atoms with E-state index in [9.17, 15) is 0 Å². The molecule has 82 valence electrons. The molecule has 0 bridgehead atoms. The minimum Gasteiger partial charge on any atom is -0.490 e. The summed E-state index contributed by atoms with van der Waals surface area (Å²) in [4.78, 5) is 3.96. The third kappa shape index (κ3) is 3.08. The SMILES string of the molecule is Clc1ncccc1OCC1CCOCC1. The Morgan fingerprint density at radius 3 is 3.00 bits per heavy atom. The molecule has 2 heterocycles. The maximum atomic E-state index is 5.88. The predicted molar refractivity (Wildman–Crippen MR) is 58.3 cm³/mol. The first-order valence-corrected chi connectivity index (χ1v) is 5.55. The quantitative estimate of drug-likeness (QED) is 0.744. The largest absolute Gasteiger partial charge is 0.490 e. The van der Waals surface area contributed by atoms with E-state index < -0.39 is 0 Å². The van der Waals surface area contributed by atoms with Crippen molar-refractivity contribution in [2.45, 2.75) is 12.8 Å². The highest BCUT2D eigenvalue weighted by atomic mass is 35.5. The number of ether oxygens (including phenoxy) is 2. The van der Waals surface area contributed by atoms with Crippen molar-refractivity contribution in [3.8, 4) is 5.75 Å². The fourth-order valence-corrected chi connectivity index (χ4v) is 1.77. The molecule has 4 heteroatoms. The summed E-state index contributed by atoms with van der Waals surface area (Å²) in [5.74, 6) is 1.25. The predicted octanol–water partition coefficient (Wildman–Crippen LogP) is 2.54. The Morgan fingerprint density at radius 1 is 1.47 bits per heavy atom. The van der Waals surface area contributed by atoms with Crippen LogP contribution in [0.5, 0.6) is 5.75 Å². The van der Waals surface area contributed by atoms with E-state index in [4.69, 9.17) is 21.1 Å². The van der Waals surface area contributed by atoms with Crippen molar-refractivity contribution in [2.24, 2.45) is 5.92 Å². The van der Waals surface area contributed by atoms with E-state index in [1.807, 2.05) is 12.1 Å². The normalized spacial score (nSPS) is 17.7. The molecular formula is C11H14ClNO2. The van der Waals surface area contributed by atoms with Crippen LogP contribution in [0.3, 0.4) is 0 Å². The standard InChI is InChI=1S/C11H14ClNO2/c12-11-10(2-1-5-13-11)15-8-9-3-6-14-7-4-9/h1-2,5,9H,3-4,6-8H2. The second-order valence-corrected chi connectivity index (χ2v) is 4.02. The van der Waals surface area contributed by atoms with Gasteiger partial charge in [0, 0.05) is 19.4 Å². The molecule has 0 aromatic carbocycles. The van der Waals surface area contributed by atoms with Gasteiger partial charge in [0.05, 0.1) is 6.61 Å². The molecular weight excluding hydrogens is 214 g/mol. The van der Waals surface area contributed by atoms with Crippen LogP contribution >= 0.6 is 11.6 Å². The highest BCUT2D eigenvalue weighted by molar-refractivity contribution is 6.30. The first kappa shape index (κ1) is 10.7. The molecule has 0 radical (unpaired) electrons. The Bertz CT molecular complexity index is 313. The van der Waals surface area contributed by atoms with Crippen molar-refractivity contribution < 1.29 is 9.47 Å². The van der Waals surface area contributed by atoms with Crippen LogP contribution in [-0.4, -0.2) is 24.8 Å². The zero-order valence-corrected chi connectivity index (χ0v) is 9.24. The molecule has 0 spiro atoms. The topological polar surface area (TPSA) is 31.4 Å². The van der Waals surface area contributed by atoms with Crippen molar-refractivity contribution in [1.29, 1.82) is 0 Å². The first-order valence-electron chi connectivity index (χ1n) is 5.17. The molecule has 1 saturated heterocycles. The number of halogens is 1. The molecule has 1 aliphatic rings. The number of nitrogens with zero attached hydrogens (tertiary/aromatic N) is 1. The van der Waals surface area contributed by atoms with E-state index in [1.54, 1.807) is 6.20 Å². The van der Waals surface area contributed by atoms with E-state index in [0.717, 1.165) is 26.1 Å². The zero-order chi connectivity index (χ0) is 10.5. The van der Waals surface area contributed by atoms with Gasteiger partial charge < -0.3 is 9.47 Å². The molecule has 0 atom stereocenters. The molecule has 0 amide bonds. The molecule has 0 N–H and O–H groups in total. The van der Waals surface area contributed by atoms with Crippen LogP contribution in [0, 0.1) is 5.92 Å². The third-order valence-electron chi connectivity index (χ3n) is 2.54. The Kier molecular flexibility index (Phi) is 3.80. The van der Waals surface area contributed by atoms with Crippen LogP contribution in [0.25, 0.3) is 0 Å². The molecule has 3 nitrogen and oxygen atoms in total. The molecule has 1 aromatic heterocycles. The van der Waals surface area contributed by atoms with Crippen LogP contribution in [0.4, 0.5) is 0 Å². The Hall–Kier alpha value is -0.800. The van der Waals surface area contributed by atoms with Gasteiger partial charge in [0.1, 0.15) is 0 Å². The van der Waals surface area contributed by atoms with Gasteiger partial charge in [0.2, 0.25) is 0 Å². The summed E-state index contributed by atoms with van der Waals surface area (Å²) in [6, 6.07) is 3.67. The lowest BCUT2D eigenvalue weighted by molar-refractivity contribution is 0.0497. The highest BCUT2D eigenvalue weighted by Crippen LogP contribution is 2.22. The number of aromatic nitrogens is 1. The van der Waals surface area contributed by atoms with Crippen LogP contribution in [0.15, 0.2) is 18.3 Å². The van der Waals surface area contributed by atoms with Gasteiger partial charge in [-0.3, -0.25) is 0 Å². The Balaban J connectivity index is 1.84. The second-order valence-electron chi connectivity index (χ2n) is 3.66. The Morgan fingerprint density at radius 2 is 2.27 bits per heavy atom. The van der Waals surface area contributed by atoms with Gasteiger partial charge in [-0.2, -0.15) is 0 Å². The van der Waals surface area contributed by atoms with Gasteiger partial charge in [-0.1, -0.05) is 11.6 Å². The fraction of sp³-hybridized carbons (Fsp3) is 0.545. The van der Waals surface area contributed by atoms with Crippen molar-refractivity contribution in [3.63, 3.8) is 0 Å². The maximum absolute atomic E-state index is 5.88. The van der Waals surface area contributed by atoms with E-state index in [-0.39, 0.29) is 0 Å². The van der Waals surface area contributed by atoms with E-state index in [0.29, 0.717) is 23.4 Å². The summed E-state index contributed by atoms with van der Waals surface area (Å²) in [5, 5.41) is 0.435. The summed E-state index contributed by atoms with van der Waals surface area (Å²) < 4.78 is 10.9. The van der Waals surface area contributed by atoms with Crippen LogP contribution < -0.4 is 4.74 Å². The highest BCUT2D eigenvalue weighted by Gasteiger charge is 2.14. The van der Waals surface area contributed by atoms with Gasteiger partial charge in [0.25, 0.3) is 0 Å². The Labute approximate surface area is 94.4 Å². The van der Waals surface area contributed by atoms with E-state index in [2.05, 4.69) is 4.98 Å². The van der Waals surface area contributed by atoms with Crippen molar-refractivity contribution in [1.82, 2.24) is 4.98 Å². The number of hydrogen-bond donors (Lipinski definition) is 0. The summed E-state index contributed by atoms with van der Waals surface area (Å²) >= 11 is 5.88. The summed E-state index contributed by atoms with van der Waals surface area (Å²) in [7, 11) is 0. The molecule has 1 aliphatic heterocycles. The first-order chi connectivity index (χ1) is 7.36. The summed E-state index contributed by atoms with van der Waals surface area (Å²) in [6.45, 7) is 2.39. The average Bonchev–Trinajstić information content (AvgIpc) is 2.29. The van der Waals surface area contributed by atoms with Crippen molar-refractivity contribution in [3.05, 3.63) is 23.5 Å². The molecule has 0 aliphatic carbocycles. The number of pyridine rings is 1. The smallest absolute Gasteiger partial charge is 0.171 e. The van der Waals surface area contributed by atoms with Gasteiger partial charge in [-0.05, 0) is 30.9 Å². The number of rotatable bonds is 3. The van der Waals surface area contributed by atoms with Crippen molar-refractivity contribution >= 4 is 11.6 Å². The molecule has 1 fully saturated rings. The number of hydrogen-bond acceptors (Lipinski definition) is 3. The summed E-state index contributed by atoms with van der Waals surface area (Å²) in [6.07, 6.45) is 3.79. The molecule has 0 unspecified atom stereocenters. The second kappa shape index (κ2) is 5.33. The van der Waals surface area contributed by atoms with Gasteiger partial charge >= 0.3 is 0 Å². The zero-order valence-electron chi connectivity index (χ0n) is 8.49. The lowest BCUT2D eigenvalue weighted by Crippen LogP contribution is -2.21. The molecule has 0 saturated carbocycles. The van der Waals surface area contributed by atoms with Gasteiger partial charge in [-0.25, -0.2) is 4.98 Å². The summed E-state index contributed by atoms with van der Waals surface area (Å²) in [5.41, 5.74) is 0. The third-order valence-corrected chi connectivity index (χ3v) is 2.82. The minimum absolute atomic E-state index is 0.435. The van der Waals surface area contributed by atoms with E-state index in [1.165, 1.54) is 0 Å². The monoisotopic (exact) mass is 227 g/mol. The van der Waals surface area contributed by atoms with Gasteiger partial charge in [0.15, 0.2) is 10.9 Å². The van der Waals surface area contributed by atoms with E-state index >= 15 is 0 Å².